The first kappa shape index (κ1) is 14.4. The molecular weight excluding hydrogens is 248 g/mol. The number of aromatic nitrogens is 1. The summed E-state index contributed by atoms with van der Waals surface area (Å²) in [7, 11) is 0. The van der Waals surface area contributed by atoms with Gasteiger partial charge in [-0.15, -0.1) is 0 Å². The number of nitrogens with two attached hydrogens (primary N) is 1. The Bertz CT molecular complexity index is 600. The Morgan fingerprint density at radius 3 is 2.50 bits per heavy atom. The summed E-state index contributed by atoms with van der Waals surface area (Å²) < 4.78 is 5.93. The Morgan fingerprint density at radius 1 is 1.15 bits per heavy atom. The zero-order valence-electron chi connectivity index (χ0n) is 12.6. The van der Waals surface area contributed by atoms with Crippen LogP contribution in [-0.4, -0.2) is 4.98 Å². The third-order valence-electron chi connectivity index (χ3n) is 3.23. The Labute approximate surface area is 120 Å². The predicted molar refractivity (Wildman–Crippen MR) is 83.2 cm³/mol. The van der Waals surface area contributed by atoms with Crippen LogP contribution in [-0.2, 0) is 11.8 Å². The second-order valence-corrected chi connectivity index (χ2v) is 5.96. The van der Waals surface area contributed by atoms with Gasteiger partial charge >= 0.3 is 0 Å². The molecule has 2 rings (SSSR count). The van der Waals surface area contributed by atoms with Crippen LogP contribution in [0.2, 0.25) is 0 Å². The first-order valence-electron chi connectivity index (χ1n) is 6.93. The van der Waals surface area contributed by atoms with E-state index in [9.17, 15) is 0 Å². The van der Waals surface area contributed by atoms with Gasteiger partial charge in [0.2, 0.25) is 5.88 Å². The van der Waals surface area contributed by atoms with Crippen molar-refractivity contribution in [1.29, 1.82) is 0 Å². The van der Waals surface area contributed by atoms with E-state index in [1.807, 2.05) is 6.07 Å². The topological polar surface area (TPSA) is 48.1 Å². The number of aryl methyl sites for hydroxylation is 1. The van der Waals surface area contributed by atoms with Crippen molar-refractivity contribution in [1.82, 2.24) is 4.98 Å². The third-order valence-corrected chi connectivity index (χ3v) is 3.23. The maximum absolute atomic E-state index is 5.93. The molecule has 2 N–H and O–H groups in total. The molecule has 0 bridgehead atoms. The van der Waals surface area contributed by atoms with Crippen LogP contribution in [0.1, 0.15) is 38.8 Å². The fourth-order valence-electron chi connectivity index (χ4n) is 2.07. The van der Waals surface area contributed by atoms with Crippen molar-refractivity contribution >= 4 is 5.69 Å². The monoisotopic (exact) mass is 270 g/mol. The van der Waals surface area contributed by atoms with Gasteiger partial charge in [-0.2, -0.15) is 0 Å². The number of pyridine rings is 1. The lowest BCUT2D eigenvalue weighted by atomic mass is 9.85. The van der Waals surface area contributed by atoms with Gasteiger partial charge in [0.05, 0.1) is 0 Å². The summed E-state index contributed by atoms with van der Waals surface area (Å²) in [5.74, 6) is 1.37. The fourth-order valence-corrected chi connectivity index (χ4v) is 2.07. The molecule has 0 saturated heterocycles. The van der Waals surface area contributed by atoms with Crippen molar-refractivity contribution in [3.63, 3.8) is 0 Å². The lowest BCUT2D eigenvalue weighted by Crippen LogP contribution is -2.13. The fraction of sp³-hybridized carbons (Fsp3) is 0.353. The summed E-state index contributed by atoms with van der Waals surface area (Å²) in [6.07, 6.45) is 2.67. The van der Waals surface area contributed by atoms with Crippen LogP contribution in [0.4, 0.5) is 5.69 Å². The van der Waals surface area contributed by atoms with Gasteiger partial charge in [0.25, 0.3) is 0 Å². The Morgan fingerprint density at radius 2 is 1.90 bits per heavy atom. The first-order valence-corrected chi connectivity index (χ1v) is 6.93. The van der Waals surface area contributed by atoms with Crippen molar-refractivity contribution in [3.8, 4) is 11.6 Å². The van der Waals surface area contributed by atoms with Crippen molar-refractivity contribution in [3.05, 3.63) is 47.7 Å². The van der Waals surface area contributed by atoms with E-state index in [-0.39, 0.29) is 5.41 Å². The van der Waals surface area contributed by atoms with E-state index in [4.69, 9.17) is 10.5 Å². The zero-order valence-corrected chi connectivity index (χ0v) is 12.6. The summed E-state index contributed by atoms with van der Waals surface area (Å²) in [6, 6.07) is 9.81. The van der Waals surface area contributed by atoms with Gasteiger partial charge in [0.1, 0.15) is 5.75 Å². The first-order chi connectivity index (χ1) is 9.40. The van der Waals surface area contributed by atoms with E-state index >= 15 is 0 Å². The van der Waals surface area contributed by atoms with Crippen LogP contribution in [0.5, 0.6) is 11.6 Å². The second kappa shape index (κ2) is 5.53. The van der Waals surface area contributed by atoms with Crippen LogP contribution >= 0.6 is 0 Å². The molecule has 0 aliphatic heterocycles. The maximum atomic E-state index is 5.93. The number of hydrogen-bond acceptors (Lipinski definition) is 3. The van der Waals surface area contributed by atoms with Crippen molar-refractivity contribution < 1.29 is 4.74 Å². The number of nitrogens with zero attached hydrogens (tertiary/aromatic N) is 1. The summed E-state index contributed by atoms with van der Waals surface area (Å²) in [6.45, 7) is 8.70. The summed E-state index contributed by atoms with van der Waals surface area (Å²) >= 11 is 0. The molecule has 0 amide bonds. The van der Waals surface area contributed by atoms with E-state index in [0.29, 0.717) is 11.6 Å². The largest absolute Gasteiger partial charge is 0.439 e. The van der Waals surface area contributed by atoms with Gasteiger partial charge in [0.15, 0.2) is 0 Å². The van der Waals surface area contributed by atoms with E-state index < -0.39 is 0 Å². The van der Waals surface area contributed by atoms with Crippen molar-refractivity contribution in [2.75, 3.05) is 5.73 Å². The SMILES string of the molecule is CCc1ccc(Oc2cc(N)ccn2)c(C(C)(C)C)c1. The van der Waals surface area contributed by atoms with E-state index in [1.165, 1.54) is 11.1 Å². The van der Waals surface area contributed by atoms with Gasteiger partial charge in [-0.05, 0) is 29.5 Å². The zero-order chi connectivity index (χ0) is 14.8. The molecule has 1 heterocycles. The second-order valence-electron chi connectivity index (χ2n) is 5.96. The van der Waals surface area contributed by atoms with Crippen LogP contribution < -0.4 is 10.5 Å². The number of hydrogen-bond donors (Lipinski definition) is 1. The molecule has 106 valence electrons. The highest BCUT2D eigenvalue weighted by Gasteiger charge is 2.20. The minimum atomic E-state index is 0.0147. The van der Waals surface area contributed by atoms with Crippen LogP contribution in [0.25, 0.3) is 0 Å². The molecule has 0 unspecified atom stereocenters. The lowest BCUT2D eigenvalue weighted by Gasteiger charge is -2.23. The molecule has 0 aliphatic rings. The number of anilines is 1. The molecule has 0 radical (unpaired) electrons. The van der Waals surface area contributed by atoms with E-state index in [0.717, 1.165) is 12.2 Å². The number of nitrogen functional groups attached to an aromatic ring is 1. The molecule has 20 heavy (non-hydrogen) atoms. The summed E-state index contributed by atoms with van der Waals surface area (Å²) in [4.78, 5) is 4.20. The minimum Gasteiger partial charge on any atom is -0.439 e. The number of benzene rings is 1. The van der Waals surface area contributed by atoms with Gasteiger partial charge in [0, 0.05) is 23.5 Å². The Balaban J connectivity index is 2.41. The van der Waals surface area contributed by atoms with Crippen molar-refractivity contribution in [2.24, 2.45) is 0 Å². The van der Waals surface area contributed by atoms with E-state index in [2.05, 4.69) is 44.8 Å². The third kappa shape index (κ3) is 3.29. The molecule has 0 aliphatic carbocycles. The highest BCUT2D eigenvalue weighted by molar-refractivity contribution is 5.45. The van der Waals surface area contributed by atoms with Crippen LogP contribution in [0.3, 0.4) is 0 Å². The molecule has 1 aromatic carbocycles. The molecular formula is C17H22N2O. The molecule has 3 nitrogen and oxygen atoms in total. The molecule has 0 saturated carbocycles. The average molecular weight is 270 g/mol. The summed E-state index contributed by atoms with van der Waals surface area (Å²) in [5.41, 5.74) is 8.92. The highest BCUT2D eigenvalue weighted by atomic mass is 16.5. The van der Waals surface area contributed by atoms with Gasteiger partial charge in [-0.1, -0.05) is 39.8 Å². The van der Waals surface area contributed by atoms with Crippen molar-refractivity contribution in [2.45, 2.75) is 39.5 Å². The maximum Gasteiger partial charge on any atom is 0.221 e. The molecule has 0 fully saturated rings. The molecule has 0 spiro atoms. The van der Waals surface area contributed by atoms with Crippen LogP contribution in [0, 0.1) is 0 Å². The quantitative estimate of drug-likeness (QED) is 0.903. The Kier molecular flexibility index (Phi) is 3.98. The molecule has 1 aromatic heterocycles. The van der Waals surface area contributed by atoms with Gasteiger partial charge < -0.3 is 10.5 Å². The molecule has 3 heteroatoms. The predicted octanol–water partition coefficient (Wildman–Crippen LogP) is 4.32. The number of rotatable bonds is 3. The normalized spacial score (nSPS) is 11.4. The van der Waals surface area contributed by atoms with E-state index in [1.54, 1.807) is 18.3 Å². The Hall–Kier alpha value is -2.03. The average Bonchev–Trinajstić information content (AvgIpc) is 2.38. The van der Waals surface area contributed by atoms with Gasteiger partial charge in [-0.25, -0.2) is 4.98 Å². The molecule has 0 atom stereocenters. The standard InChI is InChI=1S/C17H22N2O/c1-5-12-6-7-15(14(10-12)17(2,3)4)20-16-11-13(18)8-9-19-16/h6-11H,5H2,1-4H3,(H2,18,19). The minimum absolute atomic E-state index is 0.0147. The number of ether oxygens (including phenoxy) is 1. The summed E-state index contributed by atoms with van der Waals surface area (Å²) in [5, 5.41) is 0. The lowest BCUT2D eigenvalue weighted by molar-refractivity contribution is 0.440. The smallest absolute Gasteiger partial charge is 0.221 e. The molecule has 2 aromatic rings. The highest BCUT2D eigenvalue weighted by Crippen LogP contribution is 2.34. The van der Waals surface area contributed by atoms with Crippen LogP contribution in [0.15, 0.2) is 36.5 Å². The van der Waals surface area contributed by atoms with Gasteiger partial charge in [-0.3, -0.25) is 0 Å².